The Hall–Kier alpha value is -3.47. The molecule has 2 heterocycles. The van der Waals surface area contributed by atoms with Crippen LogP contribution in [0.15, 0.2) is 24.3 Å². The van der Waals surface area contributed by atoms with Crippen molar-refractivity contribution in [3.05, 3.63) is 29.8 Å². The van der Waals surface area contributed by atoms with Crippen molar-refractivity contribution in [3.8, 4) is 5.75 Å². The fourth-order valence-corrected chi connectivity index (χ4v) is 5.39. The zero-order chi connectivity index (χ0) is 28.6. The highest BCUT2D eigenvalue weighted by Gasteiger charge is 2.39. The van der Waals surface area contributed by atoms with Gasteiger partial charge in [0.25, 0.3) is 0 Å². The summed E-state index contributed by atoms with van der Waals surface area (Å²) in [5.41, 5.74) is 0.792. The minimum Gasteiger partial charge on any atom is -0.497 e. The lowest BCUT2D eigenvalue weighted by molar-refractivity contribution is -0.134. The number of rotatable bonds is 13. The molecule has 0 aromatic heterocycles. The zero-order valence-corrected chi connectivity index (χ0v) is 23.2. The fraction of sp³-hybridized carbons (Fsp3) is 0.621. The highest BCUT2D eigenvalue weighted by molar-refractivity contribution is 5.96. The molecular formula is C29H40N4O7. The standard InChI is InChI=1S/C29H40N4O7/c1-17(31-28(37)20-9-12-25(34)30-15-20)27(36)33-23(14-19-7-10-21(39-2)11-8-19)29(38)32-22(26(35)24-16-40-24)13-18-5-3-4-6-18/h7-8,10-11,17-18,20,22-24H,3-6,9,12-16H2,1-2H3,(H,30,34)(H,31,37)(H,32,38)(H,33,36)/t17-,20-,22+,23+,24?/m1/s1. The molecule has 0 bridgehead atoms. The van der Waals surface area contributed by atoms with Crippen LogP contribution in [-0.4, -0.2) is 73.9 Å². The number of ketones is 1. The van der Waals surface area contributed by atoms with Gasteiger partial charge in [-0.3, -0.25) is 24.0 Å². The van der Waals surface area contributed by atoms with E-state index in [9.17, 15) is 24.0 Å². The predicted molar refractivity (Wildman–Crippen MR) is 145 cm³/mol. The summed E-state index contributed by atoms with van der Waals surface area (Å²) in [5.74, 6) is -0.933. The summed E-state index contributed by atoms with van der Waals surface area (Å²) in [7, 11) is 1.56. The Morgan fingerprint density at radius 1 is 1.00 bits per heavy atom. The largest absolute Gasteiger partial charge is 0.497 e. The first-order valence-electron chi connectivity index (χ1n) is 14.2. The molecule has 11 nitrogen and oxygen atoms in total. The minimum atomic E-state index is -0.979. The van der Waals surface area contributed by atoms with E-state index >= 15 is 0 Å². The van der Waals surface area contributed by atoms with Gasteiger partial charge in [-0.05, 0) is 43.4 Å². The Bertz CT molecular complexity index is 1070. The number of piperidine rings is 1. The van der Waals surface area contributed by atoms with Crippen molar-refractivity contribution >= 4 is 29.4 Å². The molecule has 1 aromatic rings. The molecular weight excluding hydrogens is 516 g/mol. The molecule has 3 fully saturated rings. The van der Waals surface area contributed by atoms with Crippen molar-refractivity contribution in [2.24, 2.45) is 11.8 Å². The van der Waals surface area contributed by atoms with Gasteiger partial charge in [0.15, 0.2) is 5.78 Å². The van der Waals surface area contributed by atoms with E-state index in [4.69, 9.17) is 9.47 Å². The average molecular weight is 557 g/mol. The number of carbonyl (C=O) groups excluding carboxylic acids is 5. The van der Waals surface area contributed by atoms with Crippen LogP contribution in [-0.2, 0) is 35.1 Å². The summed E-state index contributed by atoms with van der Waals surface area (Å²) in [6.45, 7) is 2.14. The van der Waals surface area contributed by atoms with Gasteiger partial charge < -0.3 is 30.7 Å². The summed E-state index contributed by atoms with van der Waals surface area (Å²) >= 11 is 0. The van der Waals surface area contributed by atoms with Gasteiger partial charge in [0.05, 0.1) is 25.7 Å². The van der Waals surface area contributed by atoms with Crippen LogP contribution in [0, 0.1) is 11.8 Å². The first kappa shape index (κ1) is 29.5. The van der Waals surface area contributed by atoms with E-state index in [-0.39, 0.29) is 37.0 Å². The van der Waals surface area contributed by atoms with Crippen LogP contribution in [0.4, 0.5) is 0 Å². The Kier molecular flexibility index (Phi) is 10.1. The molecule has 1 unspecified atom stereocenters. The van der Waals surface area contributed by atoms with Crippen LogP contribution in [0.25, 0.3) is 0 Å². The van der Waals surface area contributed by atoms with E-state index in [2.05, 4.69) is 21.3 Å². The molecule has 3 aliphatic rings. The second kappa shape index (κ2) is 13.7. The van der Waals surface area contributed by atoms with Crippen molar-refractivity contribution < 1.29 is 33.4 Å². The third kappa shape index (κ3) is 8.27. The minimum absolute atomic E-state index is 0.0970. The van der Waals surface area contributed by atoms with Gasteiger partial charge in [0.2, 0.25) is 23.6 Å². The second-order valence-corrected chi connectivity index (χ2v) is 11.1. The molecule has 1 aromatic carbocycles. The Morgan fingerprint density at radius 3 is 2.27 bits per heavy atom. The lowest BCUT2D eigenvalue weighted by atomic mass is 9.94. The highest BCUT2D eigenvalue weighted by atomic mass is 16.6. The molecule has 218 valence electrons. The molecule has 11 heteroatoms. The van der Waals surface area contributed by atoms with Crippen LogP contribution >= 0.6 is 0 Å². The maximum absolute atomic E-state index is 13.6. The molecule has 2 aliphatic heterocycles. The van der Waals surface area contributed by atoms with Gasteiger partial charge in [-0.2, -0.15) is 0 Å². The van der Waals surface area contributed by atoms with E-state index in [0.29, 0.717) is 31.1 Å². The van der Waals surface area contributed by atoms with Crippen LogP contribution in [0.2, 0.25) is 0 Å². The SMILES string of the molecule is COc1ccc(C[C@H](NC(=O)[C@@H](C)NC(=O)[C@@H]2CCC(=O)NC2)C(=O)N[C@@H](CC2CCCC2)C(=O)C2CO2)cc1. The van der Waals surface area contributed by atoms with Crippen LogP contribution in [0.5, 0.6) is 5.75 Å². The monoisotopic (exact) mass is 556 g/mol. The van der Waals surface area contributed by atoms with E-state index in [1.54, 1.807) is 26.2 Å². The number of methoxy groups -OCH3 is 1. The zero-order valence-electron chi connectivity index (χ0n) is 23.2. The number of epoxide rings is 1. The first-order valence-corrected chi connectivity index (χ1v) is 14.2. The van der Waals surface area contributed by atoms with E-state index in [1.807, 2.05) is 12.1 Å². The van der Waals surface area contributed by atoms with Gasteiger partial charge in [-0.15, -0.1) is 0 Å². The van der Waals surface area contributed by atoms with Crippen molar-refractivity contribution in [2.75, 3.05) is 20.3 Å². The summed E-state index contributed by atoms with van der Waals surface area (Å²) < 4.78 is 10.4. The maximum Gasteiger partial charge on any atom is 0.243 e. The van der Waals surface area contributed by atoms with Crippen molar-refractivity contribution in [1.82, 2.24) is 21.3 Å². The Balaban J connectivity index is 1.43. The molecule has 0 radical (unpaired) electrons. The summed E-state index contributed by atoms with van der Waals surface area (Å²) in [6, 6.07) is 4.60. The topological polar surface area (TPSA) is 155 Å². The third-order valence-corrected chi connectivity index (χ3v) is 7.97. The molecule has 5 atom stereocenters. The molecule has 1 aliphatic carbocycles. The molecule has 4 rings (SSSR count). The molecule has 0 spiro atoms. The Labute approximate surface area is 234 Å². The summed E-state index contributed by atoms with van der Waals surface area (Å²) in [5, 5.41) is 11.1. The van der Waals surface area contributed by atoms with Crippen LogP contribution in [0.1, 0.15) is 57.4 Å². The van der Waals surface area contributed by atoms with Gasteiger partial charge in [0.1, 0.15) is 23.9 Å². The number of benzene rings is 1. The van der Waals surface area contributed by atoms with E-state index in [1.165, 1.54) is 0 Å². The summed E-state index contributed by atoms with van der Waals surface area (Å²) in [4.78, 5) is 63.8. The van der Waals surface area contributed by atoms with Gasteiger partial charge in [0, 0.05) is 19.4 Å². The Morgan fingerprint density at radius 2 is 1.68 bits per heavy atom. The van der Waals surface area contributed by atoms with Crippen LogP contribution in [0.3, 0.4) is 0 Å². The van der Waals surface area contributed by atoms with Gasteiger partial charge >= 0.3 is 0 Å². The summed E-state index contributed by atoms with van der Waals surface area (Å²) in [6.07, 6.45) is 5.21. The molecule has 4 N–H and O–H groups in total. The number of hydrogen-bond donors (Lipinski definition) is 4. The molecule has 1 saturated carbocycles. The van der Waals surface area contributed by atoms with Crippen molar-refractivity contribution in [1.29, 1.82) is 0 Å². The second-order valence-electron chi connectivity index (χ2n) is 11.1. The lowest BCUT2D eigenvalue weighted by Crippen LogP contribution is -2.57. The lowest BCUT2D eigenvalue weighted by Gasteiger charge is -2.26. The van der Waals surface area contributed by atoms with Gasteiger partial charge in [-0.1, -0.05) is 37.8 Å². The number of nitrogens with one attached hydrogen (secondary N) is 4. The van der Waals surface area contributed by atoms with Crippen molar-refractivity contribution in [2.45, 2.75) is 82.5 Å². The quantitative estimate of drug-likeness (QED) is 0.262. The van der Waals surface area contributed by atoms with E-state index in [0.717, 1.165) is 31.2 Å². The number of ether oxygens (including phenoxy) is 2. The van der Waals surface area contributed by atoms with Gasteiger partial charge in [-0.25, -0.2) is 0 Å². The van der Waals surface area contributed by atoms with Crippen molar-refractivity contribution in [3.63, 3.8) is 0 Å². The van der Waals surface area contributed by atoms with Crippen LogP contribution < -0.4 is 26.0 Å². The smallest absolute Gasteiger partial charge is 0.243 e. The highest BCUT2D eigenvalue weighted by Crippen LogP contribution is 2.30. The first-order chi connectivity index (χ1) is 19.2. The average Bonchev–Trinajstić information content (AvgIpc) is 3.68. The fourth-order valence-electron chi connectivity index (χ4n) is 5.39. The number of amides is 4. The number of carbonyl (C=O) groups is 5. The molecule has 2 saturated heterocycles. The maximum atomic E-state index is 13.6. The molecule has 40 heavy (non-hydrogen) atoms. The molecule has 4 amide bonds. The number of hydrogen-bond acceptors (Lipinski definition) is 7. The van der Waals surface area contributed by atoms with E-state index < -0.39 is 42.0 Å². The normalized spacial score (nSPS) is 22.8. The number of Topliss-reactive ketones (excluding diaryl/α,β-unsaturated/α-hetero) is 1. The predicted octanol–water partition coefficient (Wildman–Crippen LogP) is 0.786. The third-order valence-electron chi connectivity index (χ3n) is 7.97.